The summed E-state index contributed by atoms with van der Waals surface area (Å²) < 4.78 is 0.984. The summed E-state index contributed by atoms with van der Waals surface area (Å²) in [6, 6.07) is 7.77. The Morgan fingerprint density at radius 2 is 2.00 bits per heavy atom. The summed E-state index contributed by atoms with van der Waals surface area (Å²) in [6.07, 6.45) is 0.684. The average molecular weight is 329 g/mol. The van der Waals surface area contributed by atoms with Crippen LogP contribution in [0.25, 0.3) is 0 Å². The lowest BCUT2D eigenvalue weighted by Crippen LogP contribution is -2.38. The average Bonchev–Trinajstić information content (AvgIpc) is 2.37. The van der Waals surface area contributed by atoms with E-state index in [0.717, 1.165) is 16.7 Å². The molecule has 1 rings (SSSR count). The summed E-state index contributed by atoms with van der Waals surface area (Å²) in [5, 5.41) is 11.7. The van der Waals surface area contributed by atoms with Gasteiger partial charge in [0.15, 0.2) is 0 Å². The summed E-state index contributed by atoms with van der Waals surface area (Å²) >= 11 is 3.35. The van der Waals surface area contributed by atoms with Crippen molar-refractivity contribution in [1.29, 1.82) is 0 Å². The molecule has 0 fully saturated rings. The number of anilines is 1. The Morgan fingerprint density at radius 1 is 1.37 bits per heavy atom. The first-order valence-electron chi connectivity index (χ1n) is 6.43. The van der Waals surface area contributed by atoms with Crippen LogP contribution in [0.3, 0.4) is 0 Å². The van der Waals surface area contributed by atoms with Gasteiger partial charge in [-0.15, -0.1) is 0 Å². The molecule has 106 valence electrons. The number of nitrogens with zero attached hydrogens (tertiary/aromatic N) is 1. The van der Waals surface area contributed by atoms with E-state index in [0.29, 0.717) is 13.0 Å². The van der Waals surface area contributed by atoms with Gasteiger partial charge in [0.2, 0.25) is 5.91 Å². The molecule has 0 aliphatic carbocycles. The van der Waals surface area contributed by atoms with E-state index in [1.807, 2.05) is 43.0 Å². The molecule has 0 saturated heterocycles. The second-order valence-corrected chi connectivity index (χ2v) is 5.61. The van der Waals surface area contributed by atoms with E-state index in [2.05, 4.69) is 21.2 Å². The van der Waals surface area contributed by atoms with E-state index >= 15 is 0 Å². The van der Waals surface area contributed by atoms with Gasteiger partial charge in [-0.3, -0.25) is 9.69 Å². The quantitative estimate of drug-likeness (QED) is 0.808. The van der Waals surface area contributed by atoms with Crippen molar-refractivity contribution in [2.75, 3.05) is 25.0 Å². The SMILES string of the molecule is CC(C)N(CCCO)CC(=O)Nc1ccc(Br)cc1. The predicted octanol–water partition coefficient (Wildman–Crippen LogP) is 2.48. The molecule has 0 radical (unpaired) electrons. The summed E-state index contributed by atoms with van der Waals surface area (Å²) in [5.74, 6) is -0.0334. The number of hydrogen-bond donors (Lipinski definition) is 2. The molecule has 1 aromatic carbocycles. The van der Waals surface area contributed by atoms with Gasteiger partial charge in [-0.05, 0) is 44.5 Å². The van der Waals surface area contributed by atoms with E-state index in [1.165, 1.54) is 0 Å². The van der Waals surface area contributed by atoms with E-state index in [1.54, 1.807) is 0 Å². The smallest absolute Gasteiger partial charge is 0.238 e. The highest BCUT2D eigenvalue weighted by Gasteiger charge is 2.13. The molecule has 0 aliphatic heterocycles. The number of rotatable bonds is 7. The molecule has 1 aromatic rings. The monoisotopic (exact) mass is 328 g/mol. The molecule has 0 spiro atoms. The lowest BCUT2D eigenvalue weighted by molar-refractivity contribution is -0.117. The zero-order valence-corrected chi connectivity index (χ0v) is 13.0. The molecule has 19 heavy (non-hydrogen) atoms. The molecule has 4 nitrogen and oxygen atoms in total. The second kappa shape index (κ2) is 8.30. The number of carbonyl (C=O) groups is 1. The van der Waals surface area contributed by atoms with Gasteiger partial charge in [-0.25, -0.2) is 0 Å². The van der Waals surface area contributed by atoms with Crippen LogP contribution < -0.4 is 5.32 Å². The van der Waals surface area contributed by atoms with Gasteiger partial charge in [-0.1, -0.05) is 15.9 Å². The predicted molar refractivity (Wildman–Crippen MR) is 81.2 cm³/mol. The summed E-state index contributed by atoms with van der Waals surface area (Å²) in [5.41, 5.74) is 0.791. The first-order chi connectivity index (χ1) is 9.02. The number of hydrogen-bond acceptors (Lipinski definition) is 3. The van der Waals surface area contributed by atoms with Crippen molar-refractivity contribution in [3.63, 3.8) is 0 Å². The van der Waals surface area contributed by atoms with Gasteiger partial charge < -0.3 is 10.4 Å². The largest absolute Gasteiger partial charge is 0.396 e. The fourth-order valence-corrected chi connectivity index (χ4v) is 1.98. The third kappa shape index (κ3) is 6.18. The number of benzene rings is 1. The molecule has 2 N–H and O–H groups in total. The summed E-state index contributed by atoms with van der Waals surface area (Å²) in [7, 11) is 0. The topological polar surface area (TPSA) is 52.6 Å². The van der Waals surface area contributed by atoms with Crippen molar-refractivity contribution in [3.05, 3.63) is 28.7 Å². The number of halogens is 1. The molecule has 0 unspecified atom stereocenters. The van der Waals surface area contributed by atoms with Crippen LogP contribution in [0.2, 0.25) is 0 Å². The van der Waals surface area contributed by atoms with Crippen LogP contribution in [-0.4, -0.2) is 41.7 Å². The van der Waals surface area contributed by atoms with Gasteiger partial charge in [0, 0.05) is 29.4 Å². The number of aliphatic hydroxyl groups is 1. The van der Waals surface area contributed by atoms with Crippen molar-refractivity contribution in [2.24, 2.45) is 0 Å². The van der Waals surface area contributed by atoms with E-state index in [9.17, 15) is 4.79 Å². The number of carbonyl (C=O) groups excluding carboxylic acids is 1. The number of nitrogens with one attached hydrogen (secondary N) is 1. The minimum atomic E-state index is -0.0334. The molecule has 0 bridgehead atoms. The van der Waals surface area contributed by atoms with Crippen LogP contribution in [0.4, 0.5) is 5.69 Å². The van der Waals surface area contributed by atoms with Crippen molar-refractivity contribution in [3.8, 4) is 0 Å². The van der Waals surface area contributed by atoms with Gasteiger partial charge in [0.05, 0.1) is 6.54 Å². The Balaban J connectivity index is 2.50. The number of aliphatic hydroxyl groups excluding tert-OH is 1. The molecular formula is C14H21BrN2O2. The third-order valence-corrected chi connectivity index (χ3v) is 3.34. The maximum atomic E-state index is 11.9. The van der Waals surface area contributed by atoms with Crippen LogP contribution in [0.1, 0.15) is 20.3 Å². The second-order valence-electron chi connectivity index (χ2n) is 4.70. The van der Waals surface area contributed by atoms with Crippen molar-refractivity contribution in [1.82, 2.24) is 4.90 Å². The number of amides is 1. The zero-order valence-electron chi connectivity index (χ0n) is 11.4. The summed E-state index contributed by atoms with van der Waals surface area (Å²) in [6.45, 7) is 5.31. The van der Waals surface area contributed by atoms with Crippen molar-refractivity contribution < 1.29 is 9.90 Å². The van der Waals surface area contributed by atoms with Crippen LogP contribution in [0.5, 0.6) is 0 Å². The minimum Gasteiger partial charge on any atom is -0.396 e. The highest BCUT2D eigenvalue weighted by Crippen LogP contribution is 2.14. The molecule has 0 aliphatic rings. The van der Waals surface area contributed by atoms with Gasteiger partial charge in [0.1, 0.15) is 0 Å². The Bertz CT molecular complexity index is 393. The normalized spacial score (nSPS) is 11.1. The molecular weight excluding hydrogens is 308 g/mol. The Labute approximate surface area is 122 Å². The van der Waals surface area contributed by atoms with Crippen molar-refractivity contribution in [2.45, 2.75) is 26.3 Å². The highest BCUT2D eigenvalue weighted by molar-refractivity contribution is 9.10. The lowest BCUT2D eigenvalue weighted by atomic mass is 10.2. The van der Waals surface area contributed by atoms with Crippen molar-refractivity contribution >= 4 is 27.5 Å². The molecule has 0 heterocycles. The van der Waals surface area contributed by atoms with E-state index in [-0.39, 0.29) is 18.6 Å². The minimum absolute atomic E-state index is 0.0334. The summed E-state index contributed by atoms with van der Waals surface area (Å²) in [4.78, 5) is 14.0. The lowest BCUT2D eigenvalue weighted by Gasteiger charge is -2.25. The van der Waals surface area contributed by atoms with Crippen LogP contribution in [-0.2, 0) is 4.79 Å². The fraction of sp³-hybridized carbons (Fsp3) is 0.500. The highest BCUT2D eigenvalue weighted by atomic mass is 79.9. The van der Waals surface area contributed by atoms with Gasteiger partial charge in [0.25, 0.3) is 0 Å². The Hall–Kier alpha value is -0.910. The third-order valence-electron chi connectivity index (χ3n) is 2.81. The van der Waals surface area contributed by atoms with E-state index in [4.69, 9.17) is 5.11 Å². The molecule has 1 amide bonds. The zero-order chi connectivity index (χ0) is 14.3. The maximum Gasteiger partial charge on any atom is 0.238 e. The molecule has 0 saturated carbocycles. The maximum absolute atomic E-state index is 11.9. The van der Waals surface area contributed by atoms with Crippen LogP contribution in [0, 0.1) is 0 Å². The Kier molecular flexibility index (Phi) is 7.05. The van der Waals surface area contributed by atoms with Crippen LogP contribution >= 0.6 is 15.9 Å². The van der Waals surface area contributed by atoms with Crippen LogP contribution in [0.15, 0.2) is 28.7 Å². The molecule has 5 heteroatoms. The molecule has 0 atom stereocenters. The first kappa shape index (κ1) is 16.1. The van der Waals surface area contributed by atoms with Gasteiger partial charge >= 0.3 is 0 Å². The first-order valence-corrected chi connectivity index (χ1v) is 7.22. The fourth-order valence-electron chi connectivity index (χ4n) is 1.71. The van der Waals surface area contributed by atoms with Gasteiger partial charge in [-0.2, -0.15) is 0 Å². The standard InChI is InChI=1S/C14H21BrN2O2/c1-11(2)17(8-3-9-18)10-14(19)16-13-6-4-12(15)5-7-13/h4-7,11,18H,3,8-10H2,1-2H3,(H,16,19). The Morgan fingerprint density at radius 3 is 2.53 bits per heavy atom. The van der Waals surface area contributed by atoms with E-state index < -0.39 is 0 Å². The molecule has 0 aromatic heterocycles.